The van der Waals surface area contributed by atoms with Crippen LogP contribution in [0.4, 0.5) is 0 Å². The van der Waals surface area contributed by atoms with Crippen molar-refractivity contribution in [2.75, 3.05) is 7.11 Å². The van der Waals surface area contributed by atoms with Crippen LogP contribution in [-0.4, -0.2) is 28.8 Å². The summed E-state index contributed by atoms with van der Waals surface area (Å²) in [5, 5.41) is 9.67. The highest BCUT2D eigenvalue weighted by Gasteiger charge is 2.39. The molecule has 1 aliphatic carbocycles. The molecule has 1 aromatic heterocycles. The SMILES string of the molecule is COC(=O)c1ccc(CCC2(O)CC2)nc1. The Kier molecular flexibility index (Phi) is 2.92. The number of ether oxygens (including phenoxy) is 1. The van der Waals surface area contributed by atoms with E-state index in [1.165, 1.54) is 13.3 Å². The van der Waals surface area contributed by atoms with Crippen LogP contribution in [0.5, 0.6) is 0 Å². The Hall–Kier alpha value is -1.42. The second-order valence-corrected chi connectivity index (χ2v) is 4.25. The molecule has 4 heteroatoms. The number of aryl methyl sites for hydroxylation is 1. The molecule has 0 saturated heterocycles. The second-order valence-electron chi connectivity index (χ2n) is 4.25. The number of esters is 1. The molecule has 1 N–H and O–H groups in total. The van der Waals surface area contributed by atoms with Gasteiger partial charge in [-0.25, -0.2) is 4.79 Å². The average Bonchev–Trinajstić information content (AvgIpc) is 3.05. The summed E-state index contributed by atoms with van der Waals surface area (Å²) in [5.74, 6) is -0.375. The number of hydrogen-bond acceptors (Lipinski definition) is 4. The molecular formula is C12H15NO3. The van der Waals surface area contributed by atoms with E-state index in [2.05, 4.69) is 9.72 Å². The van der Waals surface area contributed by atoms with Crippen LogP contribution in [-0.2, 0) is 11.2 Å². The molecule has 0 aliphatic heterocycles. The number of aromatic nitrogens is 1. The average molecular weight is 221 g/mol. The minimum atomic E-state index is -0.442. The smallest absolute Gasteiger partial charge is 0.339 e. The number of carbonyl (C=O) groups is 1. The number of rotatable bonds is 4. The molecule has 0 bridgehead atoms. The van der Waals surface area contributed by atoms with Crippen LogP contribution in [0.15, 0.2) is 18.3 Å². The van der Waals surface area contributed by atoms with Gasteiger partial charge >= 0.3 is 5.97 Å². The lowest BCUT2D eigenvalue weighted by Crippen LogP contribution is -2.09. The third-order valence-electron chi connectivity index (χ3n) is 2.92. The highest BCUT2D eigenvalue weighted by Crippen LogP contribution is 2.38. The zero-order chi connectivity index (χ0) is 11.6. The molecular weight excluding hydrogens is 206 g/mol. The second kappa shape index (κ2) is 4.22. The van der Waals surface area contributed by atoms with E-state index in [0.29, 0.717) is 5.56 Å². The van der Waals surface area contributed by atoms with Gasteiger partial charge in [0.05, 0.1) is 18.3 Å². The lowest BCUT2D eigenvalue weighted by atomic mass is 10.1. The van der Waals surface area contributed by atoms with Gasteiger partial charge in [0.1, 0.15) is 0 Å². The van der Waals surface area contributed by atoms with Crippen LogP contribution in [0, 0.1) is 0 Å². The first-order chi connectivity index (χ1) is 7.63. The van der Waals surface area contributed by atoms with E-state index < -0.39 is 5.60 Å². The van der Waals surface area contributed by atoms with Gasteiger partial charge in [-0.05, 0) is 37.8 Å². The number of nitrogens with zero attached hydrogens (tertiary/aromatic N) is 1. The normalized spacial score (nSPS) is 16.9. The zero-order valence-electron chi connectivity index (χ0n) is 9.27. The van der Waals surface area contributed by atoms with Gasteiger partial charge < -0.3 is 9.84 Å². The zero-order valence-corrected chi connectivity index (χ0v) is 9.27. The summed E-state index contributed by atoms with van der Waals surface area (Å²) in [6, 6.07) is 3.50. The maximum atomic E-state index is 11.1. The predicted octanol–water partition coefficient (Wildman–Crippen LogP) is 1.33. The Balaban J connectivity index is 1.93. The Labute approximate surface area is 94.3 Å². The molecule has 86 valence electrons. The lowest BCUT2D eigenvalue weighted by Gasteiger charge is -2.06. The van der Waals surface area contributed by atoms with Gasteiger partial charge in [0.25, 0.3) is 0 Å². The topological polar surface area (TPSA) is 59.4 Å². The summed E-state index contributed by atoms with van der Waals surface area (Å²) in [7, 11) is 1.35. The third-order valence-corrected chi connectivity index (χ3v) is 2.92. The van der Waals surface area contributed by atoms with Crippen molar-refractivity contribution in [2.24, 2.45) is 0 Å². The molecule has 2 rings (SSSR count). The third kappa shape index (κ3) is 2.58. The van der Waals surface area contributed by atoms with Gasteiger partial charge in [-0.2, -0.15) is 0 Å². The Morgan fingerprint density at radius 2 is 2.31 bits per heavy atom. The highest BCUT2D eigenvalue weighted by molar-refractivity contribution is 5.88. The number of aliphatic hydroxyl groups is 1. The first-order valence-corrected chi connectivity index (χ1v) is 5.39. The minimum Gasteiger partial charge on any atom is -0.465 e. The fraction of sp³-hybridized carbons (Fsp3) is 0.500. The fourth-order valence-corrected chi connectivity index (χ4v) is 1.57. The van der Waals surface area contributed by atoms with Crippen molar-refractivity contribution in [1.82, 2.24) is 4.98 Å². The van der Waals surface area contributed by atoms with Gasteiger partial charge in [0, 0.05) is 11.9 Å². The van der Waals surface area contributed by atoms with Gasteiger partial charge in [-0.15, -0.1) is 0 Å². The molecule has 0 radical (unpaired) electrons. The largest absolute Gasteiger partial charge is 0.465 e. The molecule has 1 fully saturated rings. The summed E-state index contributed by atoms with van der Waals surface area (Å²) in [6.45, 7) is 0. The number of pyridine rings is 1. The molecule has 0 spiro atoms. The highest BCUT2D eigenvalue weighted by atomic mass is 16.5. The van der Waals surface area contributed by atoms with Crippen molar-refractivity contribution in [2.45, 2.75) is 31.3 Å². The standard InChI is InChI=1S/C12H15NO3/c1-16-11(14)9-2-3-10(13-8-9)4-5-12(15)6-7-12/h2-3,8,15H,4-7H2,1H3. The van der Waals surface area contributed by atoms with Crippen LogP contribution in [0.1, 0.15) is 35.3 Å². The molecule has 4 nitrogen and oxygen atoms in total. The van der Waals surface area contributed by atoms with Gasteiger partial charge in [0.2, 0.25) is 0 Å². The Morgan fingerprint density at radius 3 is 2.81 bits per heavy atom. The molecule has 1 heterocycles. The monoisotopic (exact) mass is 221 g/mol. The van der Waals surface area contributed by atoms with Crippen LogP contribution in [0.3, 0.4) is 0 Å². The van der Waals surface area contributed by atoms with E-state index in [1.54, 1.807) is 12.1 Å². The number of carbonyl (C=O) groups excluding carboxylic acids is 1. The summed E-state index contributed by atoms with van der Waals surface area (Å²) in [4.78, 5) is 15.3. The molecule has 16 heavy (non-hydrogen) atoms. The van der Waals surface area contributed by atoms with Crippen LogP contribution < -0.4 is 0 Å². The van der Waals surface area contributed by atoms with E-state index in [1.807, 2.05) is 0 Å². The van der Waals surface area contributed by atoms with Gasteiger partial charge in [0.15, 0.2) is 0 Å². The molecule has 1 aliphatic rings. The summed E-state index contributed by atoms with van der Waals surface area (Å²) in [6.07, 6.45) is 4.80. The van der Waals surface area contributed by atoms with E-state index in [4.69, 9.17) is 0 Å². The molecule has 0 amide bonds. The molecule has 1 saturated carbocycles. The van der Waals surface area contributed by atoms with Crippen molar-refractivity contribution in [3.05, 3.63) is 29.6 Å². The molecule has 0 aromatic carbocycles. The van der Waals surface area contributed by atoms with E-state index in [0.717, 1.165) is 31.4 Å². The van der Waals surface area contributed by atoms with Gasteiger partial charge in [-0.3, -0.25) is 4.98 Å². The number of hydrogen-bond donors (Lipinski definition) is 1. The maximum Gasteiger partial charge on any atom is 0.339 e. The van der Waals surface area contributed by atoms with E-state index in [-0.39, 0.29) is 5.97 Å². The van der Waals surface area contributed by atoms with E-state index >= 15 is 0 Å². The molecule has 0 unspecified atom stereocenters. The quantitative estimate of drug-likeness (QED) is 0.779. The first kappa shape index (κ1) is 11.1. The van der Waals surface area contributed by atoms with Crippen molar-refractivity contribution in [3.63, 3.8) is 0 Å². The van der Waals surface area contributed by atoms with Crippen molar-refractivity contribution in [3.8, 4) is 0 Å². The van der Waals surface area contributed by atoms with Crippen molar-refractivity contribution in [1.29, 1.82) is 0 Å². The van der Waals surface area contributed by atoms with Gasteiger partial charge in [-0.1, -0.05) is 0 Å². The van der Waals surface area contributed by atoms with Crippen molar-refractivity contribution >= 4 is 5.97 Å². The first-order valence-electron chi connectivity index (χ1n) is 5.39. The van der Waals surface area contributed by atoms with E-state index in [9.17, 15) is 9.90 Å². The lowest BCUT2D eigenvalue weighted by molar-refractivity contribution is 0.0600. The van der Waals surface area contributed by atoms with Crippen LogP contribution in [0.25, 0.3) is 0 Å². The fourth-order valence-electron chi connectivity index (χ4n) is 1.57. The summed E-state index contributed by atoms with van der Waals surface area (Å²) in [5.41, 5.74) is 0.909. The Bertz CT molecular complexity index is 382. The molecule has 0 atom stereocenters. The van der Waals surface area contributed by atoms with Crippen molar-refractivity contribution < 1.29 is 14.6 Å². The minimum absolute atomic E-state index is 0.375. The molecule has 1 aromatic rings. The van der Waals surface area contributed by atoms with Crippen LogP contribution in [0.2, 0.25) is 0 Å². The number of methoxy groups -OCH3 is 1. The Morgan fingerprint density at radius 1 is 1.56 bits per heavy atom. The summed E-state index contributed by atoms with van der Waals surface area (Å²) >= 11 is 0. The predicted molar refractivity (Wildman–Crippen MR) is 58.1 cm³/mol. The van der Waals surface area contributed by atoms with Crippen LogP contribution >= 0.6 is 0 Å². The maximum absolute atomic E-state index is 11.1. The summed E-state index contributed by atoms with van der Waals surface area (Å²) < 4.78 is 4.58.